The van der Waals surface area contributed by atoms with Crippen LogP contribution >= 0.6 is 0 Å². The van der Waals surface area contributed by atoms with Crippen molar-refractivity contribution in [3.63, 3.8) is 0 Å². The number of nitrogens with zero attached hydrogens (tertiary/aromatic N) is 1. The van der Waals surface area contributed by atoms with Crippen molar-refractivity contribution in [2.45, 2.75) is 32.4 Å². The molecule has 0 radical (unpaired) electrons. The summed E-state index contributed by atoms with van der Waals surface area (Å²) < 4.78 is 38.5. The van der Waals surface area contributed by atoms with Crippen LogP contribution in [0, 0.1) is 5.92 Å². The topological polar surface area (TPSA) is 46.3 Å². The SMILES string of the molecule is CCC1CCCN(C(=O)c2cccc(C(F)(F)F)c2N)C1. The Balaban J connectivity index is 2.27. The van der Waals surface area contributed by atoms with E-state index >= 15 is 0 Å². The fourth-order valence-corrected chi connectivity index (χ4v) is 2.75. The van der Waals surface area contributed by atoms with Crippen LogP contribution in [0.1, 0.15) is 42.1 Å². The van der Waals surface area contributed by atoms with Crippen LogP contribution in [0.15, 0.2) is 18.2 Å². The highest BCUT2D eigenvalue weighted by Gasteiger charge is 2.35. The highest BCUT2D eigenvalue weighted by Crippen LogP contribution is 2.35. The lowest BCUT2D eigenvalue weighted by Gasteiger charge is -2.32. The molecule has 1 unspecified atom stereocenters. The third-order valence-electron chi connectivity index (χ3n) is 4.03. The van der Waals surface area contributed by atoms with Crippen LogP contribution < -0.4 is 5.73 Å². The lowest BCUT2D eigenvalue weighted by atomic mass is 9.95. The summed E-state index contributed by atoms with van der Waals surface area (Å²) in [6.45, 7) is 3.22. The van der Waals surface area contributed by atoms with E-state index in [0.29, 0.717) is 19.0 Å². The molecule has 1 fully saturated rings. The minimum atomic E-state index is -4.55. The summed E-state index contributed by atoms with van der Waals surface area (Å²) in [5.74, 6) is 0.00599. The molecule has 1 aromatic rings. The molecule has 1 amide bonds. The Morgan fingerprint density at radius 1 is 1.43 bits per heavy atom. The molecule has 6 heteroatoms. The second-order valence-corrected chi connectivity index (χ2v) is 5.43. The number of benzene rings is 1. The zero-order chi connectivity index (χ0) is 15.6. The molecule has 0 bridgehead atoms. The predicted octanol–water partition coefficient (Wildman–Crippen LogP) is 3.55. The number of rotatable bonds is 2. The molecule has 2 rings (SSSR count). The summed E-state index contributed by atoms with van der Waals surface area (Å²) in [5.41, 5.74) is 4.10. The lowest BCUT2D eigenvalue weighted by Crippen LogP contribution is -2.40. The van der Waals surface area contributed by atoms with Gasteiger partial charge in [0.05, 0.1) is 16.8 Å². The first-order chi connectivity index (χ1) is 9.84. The van der Waals surface area contributed by atoms with Crippen molar-refractivity contribution < 1.29 is 18.0 Å². The quantitative estimate of drug-likeness (QED) is 0.849. The minimum Gasteiger partial charge on any atom is -0.398 e. The van der Waals surface area contributed by atoms with Gasteiger partial charge in [0.1, 0.15) is 0 Å². The molecule has 1 aliphatic heterocycles. The van der Waals surface area contributed by atoms with Gasteiger partial charge in [-0.25, -0.2) is 0 Å². The van der Waals surface area contributed by atoms with Gasteiger partial charge in [-0.2, -0.15) is 13.2 Å². The highest BCUT2D eigenvalue weighted by molar-refractivity contribution is 5.99. The van der Waals surface area contributed by atoms with E-state index in [9.17, 15) is 18.0 Å². The molecule has 1 aliphatic rings. The van der Waals surface area contributed by atoms with Gasteiger partial charge in [0.15, 0.2) is 0 Å². The monoisotopic (exact) mass is 300 g/mol. The average molecular weight is 300 g/mol. The molecule has 3 nitrogen and oxygen atoms in total. The molecule has 1 aromatic carbocycles. The fourth-order valence-electron chi connectivity index (χ4n) is 2.75. The van der Waals surface area contributed by atoms with Crippen molar-refractivity contribution >= 4 is 11.6 Å². The van der Waals surface area contributed by atoms with Gasteiger partial charge in [0, 0.05) is 13.1 Å². The molecule has 0 saturated carbocycles. The number of carbonyl (C=O) groups excluding carboxylic acids is 1. The second-order valence-electron chi connectivity index (χ2n) is 5.43. The van der Waals surface area contributed by atoms with Gasteiger partial charge >= 0.3 is 6.18 Å². The first kappa shape index (κ1) is 15.7. The summed E-state index contributed by atoms with van der Waals surface area (Å²) in [7, 11) is 0. The largest absolute Gasteiger partial charge is 0.418 e. The number of para-hydroxylation sites is 1. The molecule has 1 heterocycles. The van der Waals surface area contributed by atoms with Crippen molar-refractivity contribution in [2.75, 3.05) is 18.8 Å². The van der Waals surface area contributed by atoms with E-state index in [1.165, 1.54) is 12.1 Å². The Morgan fingerprint density at radius 2 is 2.14 bits per heavy atom. The number of alkyl halides is 3. The number of carbonyl (C=O) groups is 1. The first-order valence-electron chi connectivity index (χ1n) is 7.09. The van der Waals surface area contributed by atoms with Gasteiger partial charge in [-0.3, -0.25) is 4.79 Å². The van der Waals surface area contributed by atoms with E-state index in [1.54, 1.807) is 4.90 Å². The Morgan fingerprint density at radius 3 is 2.76 bits per heavy atom. The van der Waals surface area contributed by atoms with Crippen molar-refractivity contribution in [3.05, 3.63) is 29.3 Å². The average Bonchev–Trinajstić information content (AvgIpc) is 2.45. The minimum absolute atomic E-state index is 0.0541. The number of piperidine rings is 1. The number of hydrogen-bond donors (Lipinski definition) is 1. The Kier molecular flexibility index (Phi) is 4.44. The van der Waals surface area contributed by atoms with Crippen LogP contribution in [0.25, 0.3) is 0 Å². The van der Waals surface area contributed by atoms with E-state index in [0.717, 1.165) is 25.3 Å². The molecule has 1 atom stereocenters. The molecule has 0 aliphatic carbocycles. The van der Waals surface area contributed by atoms with E-state index < -0.39 is 23.3 Å². The number of anilines is 1. The zero-order valence-electron chi connectivity index (χ0n) is 11.9. The van der Waals surface area contributed by atoms with E-state index in [-0.39, 0.29) is 5.56 Å². The summed E-state index contributed by atoms with van der Waals surface area (Å²) in [6.07, 6.45) is -1.66. The summed E-state index contributed by atoms with van der Waals surface area (Å²) in [5, 5.41) is 0. The normalized spacial score (nSPS) is 19.6. The molecule has 1 saturated heterocycles. The first-order valence-corrected chi connectivity index (χ1v) is 7.09. The van der Waals surface area contributed by atoms with Crippen LogP contribution in [0.3, 0.4) is 0 Å². The van der Waals surface area contributed by atoms with Gasteiger partial charge in [-0.15, -0.1) is 0 Å². The van der Waals surface area contributed by atoms with Gasteiger partial charge in [-0.05, 0) is 30.9 Å². The third kappa shape index (κ3) is 3.31. The van der Waals surface area contributed by atoms with Crippen LogP contribution in [0.2, 0.25) is 0 Å². The number of halogens is 3. The van der Waals surface area contributed by atoms with Gasteiger partial charge in [0.25, 0.3) is 5.91 Å². The molecule has 2 N–H and O–H groups in total. The molecule has 0 aromatic heterocycles. The molecular formula is C15H19F3N2O. The second kappa shape index (κ2) is 5.95. The van der Waals surface area contributed by atoms with Crippen molar-refractivity contribution in [3.8, 4) is 0 Å². The maximum absolute atomic E-state index is 12.8. The van der Waals surface area contributed by atoms with Crippen molar-refractivity contribution in [1.29, 1.82) is 0 Å². The number of nitrogen functional groups attached to an aromatic ring is 1. The highest BCUT2D eigenvalue weighted by atomic mass is 19.4. The summed E-state index contributed by atoms with van der Waals surface area (Å²) in [6, 6.07) is 3.49. The maximum atomic E-state index is 12.8. The number of nitrogens with two attached hydrogens (primary N) is 1. The van der Waals surface area contributed by atoms with Gasteiger partial charge < -0.3 is 10.6 Å². The Labute approximate surface area is 121 Å². The predicted molar refractivity (Wildman–Crippen MR) is 74.8 cm³/mol. The van der Waals surface area contributed by atoms with Crippen LogP contribution in [-0.4, -0.2) is 23.9 Å². The van der Waals surface area contributed by atoms with Gasteiger partial charge in [-0.1, -0.05) is 19.4 Å². The Hall–Kier alpha value is -1.72. The van der Waals surface area contributed by atoms with Crippen LogP contribution in [0.5, 0.6) is 0 Å². The molecule has 116 valence electrons. The number of likely N-dealkylation sites (tertiary alicyclic amines) is 1. The van der Waals surface area contributed by atoms with Crippen LogP contribution in [0.4, 0.5) is 18.9 Å². The summed E-state index contributed by atoms with van der Waals surface area (Å²) >= 11 is 0. The standard InChI is InChI=1S/C15H19F3N2O/c1-2-10-5-4-8-20(9-10)14(21)11-6-3-7-12(13(11)19)15(16,17)18/h3,6-7,10H,2,4-5,8-9,19H2,1H3. The van der Waals surface area contributed by atoms with E-state index in [1.807, 2.05) is 0 Å². The molecule has 0 spiro atoms. The molecular weight excluding hydrogens is 281 g/mol. The maximum Gasteiger partial charge on any atom is 0.418 e. The summed E-state index contributed by atoms with van der Waals surface area (Å²) in [4.78, 5) is 14.1. The third-order valence-corrected chi connectivity index (χ3v) is 4.03. The molecule has 21 heavy (non-hydrogen) atoms. The van der Waals surface area contributed by atoms with E-state index in [2.05, 4.69) is 6.92 Å². The van der Waals surface area contributed by atoms with Crippen molar-refractivity contribution in [1.82, 2.24) is 4.90 Å². The van der Waals surface area contributed by atoms with E-state index in [4.69, 9.17) is 5.73 Å². The lowest BCUT2D eigenvalue weighted by molar-refractivity contribution is -0.136. The smallest absolute Gasteiger partial charge is 0.398 e. The zero-order valence-corrected chi connectivity index (χ0v) is 11.9. The fraction of sp³-hybridized carbons (Fsp3) is 0.533. The number of hydrogen-bond acceptors (Lipinski definition) is 2. The Bertz CT molecular complexity index is 528. The van der Waals surface area contributed by atoms with Crippen LogP contribution in [-0.2, 0) is 6.18 Å². The van der Waals surface area contributed by atoms with Gasteiger partial charge in [0.2, 0.25) is 0 Å². The number of amides is 1. The van der Waals surface area contributed by atoms with Crippen molar-refractivity contribution in [2.24, 2.45) is 5.92 Å².